The molecule has 3 aromatic rings. The van der Waals surface area contributed by atoms with E-state index in [1.54, 1.807) is 6.07 Å². The van der Waals surface area contributed by atoms with Crippen LogP contribution >= 0.6 is 11.6 Å². The molecular formula is C17H12ClF3N2. The lowest BCUT2D eigenvalue weighted by molar-refractivity contribution is -0.137. The number of nitrogens with one attached hydrogen (secondary N) is 1. The molecule has 0 bridgehead atoms. The number of halogens is 4. The monoisotopic (exact) mass is 336 g/mol. The molecule has 3 rings (SSSR count). The van der Waals surface area contributed by atoms with Crippen LogP contribution in [0.5, 0.6) is 0 Å². The van der Waals surface area contributed by atoms with Gasteiger partial charge in [-0.05, 0) is 31.2 Å². The van der Waals surface area contributed by atoms with Crippen LogP contribution in [0.4, 0.5) is 13.2 Å². The van der Waals surface area contributed by atoms with Crippen molar-refractivity contribution in [2.75, 3.05) is 0 Å². The van der Waals surface area contributed by atoms with Gasteiger partial charge in [-0.2, -0.15) is 18.3 Å². The lowest BCUT2D eigenvalue weighted by Gasteiger charge is -2.09. The summed E-state index contributed by atoms with van der Waals surface area (Å²) in [5, 5.41) is 7.15. The fourth-order valence-electron chi connectivity index (χ4n) is 2.24. The number of hydrogen-bond acceptors (Lipinski definition) is 1. The van der Waals surface area contributed by atoms with Crippen molar-refractivity contribution >= 4 is 11.6 Å². The minimum Gasteiger partial charge on any atom is -0.277 e. The second kappa shape index (κ2) is 5.74. The Labute approximate surface area is 135 Å². The van der Waals surface area contributed by atoms with E-state index in [4.69, 9.17) is 11.6 Å². The Hall–Kier alpha value is -2.27. The number of aromatic amines is 1. The maximum atomic E-state index is 12.9. The summed E-state index contributed by atoms with van der Waals surface area (Å²) in [4.78, 5) is 0. The Kier molecular flexibility index (Phi) is 3.90. The highest BCUT2D eigenvalue weighted by molar-refractivity contribution is 6.33. The Morgan fingerprint density at radius 2 is 1.70 bits per heavy atom. The van der Waals surface area contributed by atoms with Crippen LogP contribution in [0.2, 0.25) is 5.02 Å². The summed E-state index contributed by atoms with van der Waals surface area (Å²) in [6.45, 7) is 1.97. The molecule has 1 aromatic heterocycles. The fraction of sp³-hybridized carbons (Fsp3) is 0.118. The highest BCUT2D eigenvalue weighted by Crippen LogP contribution is 2.36. The van der Waals surface area contributed by atoms with Crippen molar-refractivity contribution in [2.45, 2.75) is 13.1 Å². The molecule has 2 aromatic carbocycles. The van der Waals surface area contributed by atoms with Crippen LogP contribution in [0, 0.1) is 6.92 Å². The molecule has 0 aliphatic carbocycles. The molecule has 6 heteroatoms. The van der Waals surface area contributed by atoms with Gasteiger partial charge in [0.1, 0.15) is 0 Å². The minimum absolute atomic E-state index is 0.233. The van der Waals surface area contributed by atoms with Crippen molar-refractivity contribution in [1.82, 2.24) is 10.2 Å². The van der Waals surface area contributed by atoms with Gasteiger partial charge < -0.3 is 0 Å². The maximum Gasteiger partial charge on any atom is 0.416 e. The molecule has 23 heavy (non-hydrogen) atoms. The van der Waals surface area contributed by atoms with Crippen LogP contribution in [0.3, 0.4) is 0 Å². The molecule has 0 atom stereocenters. The van der Waals surface area contributed by atoms with E-state index < -0.39 is 11.7 Å². The van der Waals surface area contributed by atoms with Crippen LogP contribution in [0.15, 0.2) is 48.5 Å². The van der Waals surface area contributed by atoms with Gasteiger partial charge >= 0.3 is 6.18 Å². The van der Waals surface area contributed by atoms with Gasteiger partial charge in [-0.3, -0.25) is 5.10 Å². The number of alkyl halides is 3. The Morgan fingerprint density at radius 1 is 1.00 bits per heavy atom. The molecule has 118 valence electrons. The predicted octanol–water partition coefficient (Wildman–Crippen LogP) is 5.72. The summed E-state index contributed by atoms with van der Waals surface area (Å²) in [6, 6.07) is 12.6. The number of hydrogen-bond donors (Lipinski definition) is 1. The first-order chi connectivity index (χ1) is 10.8. The quantitative estimate of drug-likeness (QED) is 0.636. The molecule has 1 heterocycles. The molecule has 1 N–H and O–H groups in total. The van der Waals surface area contributed by atoms with Crippen molar-refractivity contribution < 1.29 is 13.2 Å². The van der Waals surface area contributed by atoms with E-state index in [-0.39, 0.29) is 10.6 Å². The zero-order valence-corrected chi connectivity index (χ0v) is 12.8. The van der Waals surface area contributed by atoms with Gasteiger partial charge in [0.25, 0.3) is 0 Å². The van der Waals surface area contributed by atoms with Gasteiger partial charge in [-0.1, -0.05) is 41.4 Å². The van der Waals surface area contributed by atoms with Crippen molar-refractivity contribution in [1.29, 1.82) is 0 Å². The van der Waals surface area contributed by atoms with Gasteiger partial charge in [-0.25, -0.2) is 0 Å². The smallest absolute Gasteiger partial charge is 0.277 e. The number of H-pyrrole nitrogens is 1. The molecule has 0 saturated carbocycles. The maximum absolute atomic E-state index is 12.9. The predicted molar refractivity (Wildman–Crippen MR) is 84.2 cm³/mol. The third-order valence-corrected chi connectivity index (χ3v) is 3.84. The van der Waals surface area contributed by atoms with E-state index in [2.05, 4.69) is 10.2 Å². The molecule has 0 amide bonds. The van der Waals surface area contributed by atoms with Gasteiger partial charge in [-0.15, -0.1) is 0 Å². The Balaban J connectivity index is 2.02. The van der Waals surface area contributed by atoms with E-state index in [9.17, 15) is 13.2 Å². The minimum atomic E-state index is -4.42. The molecule has 0 saturated heterocycles. The molecule has 0 unspecified atom stereocenters. The van der Waals surface area contributed by atoms with Gasteiger partial charge in [0.2, 0.25) is 0 Å². The first-order valence-electron chi connectivity index (χ1n) is 6.84. The van der Waals surface area contributed by atoms with Crippen LogP contribution in [0.25, 0.3) is 22.5 Å². The van der Waals surface area contributed by atoms with Crippen LogP contribution < -0.4 is 0 Å². The molecule has 2 nitrogen and oxygen atoms in total. The molecule has 0 aliphatic rings. The highest BCUT2D eigenvalue weighted by Gasteiger charge is 2.31. The zero-order chi connectivity index (χ0) is 16.6. The summed E-state index contributed by atoms with van der Waals surface area (Å²) in [7, 11) is 0. The Morgan fingerprint density at radius 3 is 2.35 bits per heavy atom. The normalized spacial score (nSPS) is 11.7. The van der Waals surface area contributed by atoms with Crippen molar-refractivity contribution in [3.63, 3.8) is 0 Å². The molecule has 0 aliphatic heterocycles. The number of aromatic nitrogens is 2. The van der Waals surface area contributed by atoms with Crippen LogP contribution in [-0.4, -0.2) is 10.2 Å². The lowest BCUT2D eigenvalue weighted by atomic mass is 10.1. The van der Waals surface area contributed by atoms with Gasteiger partial charge in [0.05, 0.1) is 17.0 Å². The van der Waals surface area contributed by atoms with Crippen LogP contribution in [-0.2, 0) is 6.18 Å². The summed E-state index contributed by atoms with van der Waals surface area (Å²) in [5.74, 6) is 0. The number of aryl methyl sites for hydroxylation is 1. The van der Waals surface area contributed by atoms with E-state index in [0.717, 1.165) is 23.3 Å². The zero-order valence-electron chi connectivity index (χ0n) is 12.1. The average molecular weight is 337 g/mol. The van der Waals surface area contributed by atoms with E-state index >= 15 is 0 Å². The van der Waals surface area contributed by atoms with Crippen molar-refractivity contribution in [3.05, 3.63) is 64.7 Å². The largest absolute Gasteiger partial charge is 0.416 e. The van der Waals surface area contributed by atoms with E-state index in [1.807, 2.05) is 31.2 Å². The molecule has 0 radical (unpaired) electrons. The number of benzene rings is 2. The highest BCUT2D eigenvalue weighted by atomic mass is 35.5. The van der Waals surface area contributed by atoms with E-state index in [0.29, 0.717) is 11.4 Å². The SMILES string of the molecule is Cc1ccc(-c2cc(-c3cc(C(F)(F)F)ccc3Cl)[nH]n2)cc1. The molecule has 0 fully saturated rings. The second-order valence-electron chi connectivity index (χ2n) is 5.23. The van der Waals surface area contributed by atoms with E-state index in [1.165, 1.54) is 6.07 Å². The van der Waals surface area contributed by atoms with Crippen LogP contribution in [0.1, 0.15) is 11.1 Å². The Bertz CT molecular complexity index is 836. The third-order valence-electron chi connectivity index (χ3n) is 3.51. The number of nitrogens with zero attached hydrogens (tertiary/aromatic N) is 1. The summed E-state index contributed by atoms with van der Waals surface area (Å²) < 4.78 is 38.6. The second-order valence-corrected chi connectivity index (χ2v) is 5.63. The average Bonchev–Trinajstić information content (AvgIpc) is 2.97. The summed E-state index contributed by atoms with van der Waals surface area (Å²) in [5.41, 5.74) is 2.60. The third kappa shape index (κ3) is 3.24. The molecule has 0 spiro atoms. The van der Waals surface area contributed by atoms with Gasteiger partial charge in [0.15, 0.2) is 0 Å². The van der Waals surface area contributed by atoms with Crippen molar-refractivity contribution in [3.8, 4) is 22.5 Å². The standard InChI is InChI=1S/C17H12ClF3N2/c1-10-2-4-11(5-3-10)15-9-16(23-22-15)13-8-12(17(19,20)21)6-7-14(13)18/h2-9H,1H3,(H,22,23). The summed E-state index contributed by atoms with van der Waals surface area (Å²) >= 11 is 6.04. The first kappa shape index (κ1) is 15.6. The fourth-order valence-corrected chi connectivity index (χ4v) is 2.46. The lowest BCUT2D eigenvalue weighted by Crippen LogP contribution is -2.04. The summed E-state index contributed by atoms with van der Waals surface area (Å²) in [6.07, 6.45) is -4.42. The van der Waals surface area contributed by atoms with Gasteiger partial charge in [0, 0.05) is 16.1 Å². The number of rotatable bonds is 2. The molecular weight excluding hydrogens is 325 g/mol. The first-order valence-corrected chi connectivity index (χ1v) is 7.22. The topological polar surface area (TPSA) is 28.7 Å². The van der Waals surface area contributed by atoms with Crippen molar-refractivity contribution in [2.24, 2.45) is 0 Å².